The van der Waals surface area contributed by atoms with Crippen molar-refractivity contribution in [3.05, 3.63) is 23.3 Å². The molecule has 1 saturated heterocycles. The van der Waals surface area contributed by atoms with Gasteiger partial charge < -0.3 is 71.8 Å². The Bertz CT molecular complexity index is 2360. The van der Waals surface area contributed by atoms with Crippen LogP contribution in [-0.4, -0.2) is 144 Å². The Labute approximate surface area is 443 Å². The lowest BCUT2D eigenvalue weighted by Gasteiger charge is -2.62. The smallest absolute Gasteiger partial charge is 0.438 e. The van der Waals surface area contributed by atoms with Crippen molar-refractivity contribution >= 4 is 36.9 Å². The van der Waals surface area contributed by atoms with E-state index in [1.165, 1.54) is 42.7 Å². The van der Waals surface area contributed by atoms with Gasteiger partial charge in [0.05, 0.1) is 48.3 Å². The van der Waals surface area contributed by atoms with E-state index in [1.54, 1.807) is 0 Å². The molecule has 6 saturated carbocycles. The largest absolute Gasteiger partial charge is 0.508 e. The highest BCUT2D eigenvalue weighted by Crippen LogP contribution is 2.71. The molecule has 0 amide bonds. The summed E-state index contributed by atoms with van der Waals surface area (Å²) in [4.78, 5) is 73.5. The summed E-state index contributed by atoms with van der Waals surface area (Å²) in [5.74, 6) is 1.54. The maximum atomic E-state index is 12.6. The number of terminal acetylenes is 1. The molecule has 1 spiro atoms. The van der Waals surface area contributed by atoms with Crippen LogP contribution in [-0.2, 0) is 61.6 Å². The second-order valence-electron chi connectivity index (χ2n) is 23.2. The Morgan fingerprint density at radius 2 is 0.921 bits per heavy atom. The van der Waals surface area contributed by atoms with E-state index in [-0.39, 0.29) is 41.6 Å². The average molecular weight is 1070 g/mol. The SMILES string of the molecule is C#C[C@]1(O)CCC2C3C([C@H](OC(=O)OC)C[C@@]21C)[C@@]1(C)CC[C@H](OC(=O)OC)CC1=C[C@@H]3OC(=O)OC.COC(=O)O[C@H]1CC[C@@]2(C)C(=C[C@H](OC(=O)OC)C3C2[C@H](OC(=O)OC)C[C@@]2(C)C3CC[C@@]23CCC(O)O3)C1. The Hall–Kier alpha value is -5.46. The van der Waals surface area contributed by atoms with Gasteiger partial charge in [0.2, 0.25) is 0 Å². The first-order valence-electron chi connectivity index (χ1n) is 26.4. The van der Waals surface area contributed by atoms with Crippen molar-refractivity contribution in [1.82, 2.24) is 0 Å². The molecule has 2 N–H and O–H groups in total. The maximum Gasteiger partial charge on any atom is 0.508 e. The number of rotatable bonds is 6. The minimum absolute atomic E-state index is 0.0682. The van der Waals surface area contributed by atoms with E-state index in [0.717, 1.165) is 24.0 Å². The van der Waals surface area contributed by atoms with Gasteiger partial charge in [-0.25, -0.2) is 28.8 Å². The lowest BCUT2D eigenvalue weighted by molar-refractivity contribution is -0.221. The van der Waals surface area contributed by atoms with Crippen molar-refractivity contribution in [3.63, 3.8) is 0 Å². The number of carbonyl (C=O) groups excluding carboxylic acids is 6. The molecule has 19 atom stereocenters. The molecular formula is C55H76O21. The summed E-state index contributed by atoms with van der Waals surface area (Å²) in [6, 6.07) is 0. The van der Waals surface area contributed by atoms with Crippen LogP contribution < -0.4 is 0 Å². The number of hydrogen-bond donors (Lipinski definition) is 2. The highest BCUT2D eigenvalue weighted by atomic mass is 16.8. The predicted octanol–water partition coefficient (Wildman–Crippen LogP) is 8.48. The van der Waals surface area contributed by atoms with Crippen LogP contribution in [0, 0.1) is 69.5 Å². The van der Waals surface area contributed by atoms with Crippen molar-refractivity contribution in [2.24, 2.45) is 57.2 Å². The third-order valence-corrected chi connectivity index (χ3v) is 20.3. The molecule has 0 aromatic heterocycles. The molecular weight excluding hydrogens is 997 g/mol. The monoisotopic (exact) mass is 1070 g/mol. The lowest BCUT2D eigenvalue weighted by Crippen LogP contribution is -2.63. The zero-order chi connectivity index (χ0) is 55.3. The quantitative estimate of drug-likeness (QED) is 0.109. The molecule has 21 heteroatoms. The summed E-state index contributed by atoms with van der Waals surface area (Å²) < 4.78 is 69.7. The van der Waals surface area contributed by atoms with Gasteiger partial charge in [-0.3, -0.25) is 0 Å². The number of methoxy groups -OCH3 is 6. The standard InChI is InChI=1S/C28H40O11.C27H36O10/c1-26-9-6-16(36-23(30)33-3)12-15(26)13-18(37-24(31)34-4)21-17-7-10-28(11-8-20(29)39-28)27(17,2)14-19(22(21)26)38-25(32)35-5;1-7-27(31)11-9-17-20-18(36-23(29)33-5)13-15-12-16(35-22(28)32-4)8-10-25(15,2)21(20)19(14-26(17,27)3)37-24(30)34-6/h13,16-22,29H,6-12,14H2,1-5H3;1,13,16-21,31H,8-12,14H2,2-6H3/t16-,17?,18-,19+,20?,21?,22?,26-,27-,28+;16-,17?,18-,19+,20?,21?,25-,26-,27-/m00/s1. The van der Waals surface area contributed by atoms with Crippen LogP contribution in [0.5, 0.6) is 0 Å². The number of hydrogen-bond acceptors (Lipinski definition) is 21. The number of aliphatic hydroxyl groups excluding tert-OH is 1. The molecule has 7 fully saturated rings. The minimum Gasteiger partial charge on any atom is -0.438 e. The molecule has 1 aliphatic heterocycles. The average Bonchev–Trinajstić information content (AvgIpc) is 4.19. The highest BCUT2D eigenvalue weighted by molar-refractivity contribution is 5.63. The third kappa shape index (κ3) is 9.59. The van der Waals surface area contributed by atoms with Crippen molar-refractivity contribution in [1.29, 1.82) is 0 Å². The first kappa shape index (κ1) is 56.7. The fourth-order valence-corrected chi connectivity index (χ4v) is 16.7. The van der Waals surface area contributed by atoms with Crippen LogP contribution in [0.4, 0.5) is 28.8 Å². The van der Waals surface area contributed by atoms with Crippen molar-refractivity contribution < 1.29 is 101 Å². The Kier molecular flexibility index (Phi) is 16.0. The van der Waals surface area contributed by atoms with Crippen LogP contribution in [0.2, 0.25) is 0 Å². The van der Waals surface area contributed by atoms with E-state index in [1.807, 2.05) is 19.1 Å². The van der Waals surface area contributed by atoms with Gasteiger partial charge in [-0.2, -0.15) is 0 Å². The zero-order valence-corrected chi connectivity index (χ0v) is 45.3. The van der Waals surface area contributed by atoms with Crippen LogP contribution in [0.25, 0.3) is 0 Å². The molecule has 0 aromatic rings. The Morgan fingerprint density at radius 3 is 1.33 bits per heavy atom. The first-order chi connectivity index (χ1) is 36.0. The highest BCUT2D eigenvalue weighted by Gasteiger charge is 2.72. The predicted molar refractivity (Wildman–Crippen MR) is 261 cm³/mol. The molecule has 9 aliphatic rings. The first-order valence-corrected chi connectivity index (χ1v) is 26.4. The second-order valence-corrected chi connectivity index (χ2v) is 23.2. The van der Waals surface area contributed by atoms with Gasteiger partial charge in [0, 0.05) is 53.8 Å². The van der Waals surface area contributed by atoms with Crippen LogP contribution >= 0.6 is 0 Å². The number of aliphatic hydroxyl groups is 2. The number of ether oxygens (including phenoxy) is 13. The fraction of sp³-hybridized carbons (Fsp3) is 0.782. The normalized spacial score (nSPS) is 43.1. The Balaban J connectivity index is 0.000000202. The van der Waals surface area contributed by atoms with Crippen LogP contribution in [0.15, 0.2) is 23.3 Å². The van der Waals surface area contributed by atoms with Gasteiger partial charge in [0.15, 0.2) is 6.29 Å². The number of fused-ring (bicyclic) bond motifs is 11. The summed E-state index contributed by atoms with van der Waals surface area (Å²) in [6.07, 6.45) is 8.80. The van der Waals surface area contributed by atoms with E-state index in [9.17, 15) is 39.0 Å². The third-order valence-electron chi connectivity index (χ3n) is 20.3. The molecule has 9 rings (SSSR count). The van der Waals surface area contributed by atoms with Gasteiger partial charge in [0.1, 0.15) is 42.2 Å². The van der Waals surface area contributed by atoms with Crippen LogP contribution in [0.3, 0.4) is 0 Å². The summed E-state index contributed by atoms with van der Waals surface area (Å²) in [7, 11) is 7.57. The van der Waals surface area contributed by atoms with Gasteiger partial charge in [-0.1, -0.05) is 44.8 Å². The molecule has 0 radical (unpaired) electrons. The molecule has 76 heavy (non-hydrogen) atoms. The summed E-state index contributed by atoms with van der Waals surface area (Å²) >= 11 is 0. The van der Waals surface area contributed by atoms with Gasteiger partial charge in [-0.15, -0.1) is 6.42 Å². The molecule has 422 valence electrons. The summed E-state index contributed by atoms with van der Waals surface area (Å²) in [5, 5.41) is 21.9. The van der Waals surface area contributed by atoms with E-state index in [2.05, 4.69) is 31.4 Å². The van der Waals surface area contributed by atoms with Crippen molar-refractivity contribution in [2.45, 2.75) is 172 Å². The van der Waals surface area contributed by atoms with E-state index in [0.29, 0.717) is 77.0 Å². The van der Waals surface area contributed by atoms with E-state index in [4.69, 9.17) is 63.3 Å². The Morgan fingerprint density at radius 1 is 0.539 bits per heavy atom. The van der Waals surface area contributed by atoms with E-state index < -0.39 is 107 Å². The molecule has 0 aromatic carbocycles. The summed E-state index contributed by atoms with van der Waals surface area (Å²) in [6.45, 7) is 8.35. The molecule has 21 nitrogen and oxygen atoms in total. The lowest BCUT2D eigenvalue weighted by atomic mass is 9.45. The van der Waals surface area contributed by atoms with Gasteiger partial charge >= 0.3 is 36.9 Å². The number of carbonyl (C=O) groups is 6. The fourth-order valence-electron chi connectivity index (χ4n) is 16.7. The second kappa shape index (κ2) is 21.4. The minimum atomic E-state index is -1.41. The zero-order valence-electron chi connectivity index (χ0n) is 45.3. The molecule has 1 heterocycles. The topological polar surface area (TPSA) is 263 Å². The van der Waals surface area contributed by atoms with Gasteiger partial charge in [0.25, 0.3) is 0 Å². The van der Waals surface area contributed by atoms with E-state index >= 15 is 0 Å². The molecule has 8 aliphatic carbocycles. The molecule has 0 bridgehead atoms. The summed E-state index contributed by atoms with van der Waals surface area (Å²) in [5.41, 5.74) is -2.17. The van der Waals surface area contributed by atoms with Crippen molar-refractivity contribution in [2.75, 3.05) is 42.7 Å². The van der Waals surface area contributed by atoms with Crippen molar-refractivity contribution in [3.8, 4) is 12.3 Å². The van der Waals surface area contributed by atoms with Crippen LogP contribution in [0.1, 0.15) is 118 Å². The van der Waals surface area contributed by atoms with Gasteiger partial charge in [-0.05, 0) is 105 Å². The molecule has 7 unspecified atom stereocenters. The maximum absolute atomic E-state index is 12.6.